The molecule has 1 amide bonds. The normalized spacial score (nSPS) is 16.1. The Kier molecular flexibility index (Phi) is 7.23. The van der Waals surface area contributed by atoms with E-state index in [1.165, 1.54) is 24.3 Å². The van der Waals surface area contributed by atoms with E-state index < -0.39 is 16.1 Å². The molecule has 9 heteroatoms. The summed E-state index contributed by atoms with van der Waals surface area (Å²) in [5, 5.41) is 0.448. The monoisotopic (exact) mass is 451 g/mol. The number of amides is 1. The minimum Gasteiger partial charge on any atom is -0.497 e. The summed E-state index contributed by atoms with van der Waals surface area (Å²) in [6, 6.07) is 12.8. The molecule has 162 valence electrons. The Labute approximate surface area is 182 Å². The molecule has 1 heterocycles. The van der Waals surface area contributed by atoms with E-state index in [-0.39, 0.29) is 10.8 Å². The average molecular weight is 452 g/mol. The van der Waals surface area contributed by atoms with Crippen molar-refractivity contribution in [1.82, 2.24) is 9.62 Å². The zero-order valence-corrected chi connectivity index (χ0v) is 18.6. The first-order valence-electron chi connectivity index (χ1n) is 9.76. The maximum atomic E-state index is 12.9. The van der Waals surface area contributed by atoms with E-state index in [1.807, 2.05) is 24.3 Å². The molecule has 1 aliphatic rings. The Balaban J connectivity index is 1.61. The fourth-order valence-electron chi connectivity index (χ4n) is 3.43. The van der Waals surface area contributed by atoms with Gasteiger partial charge in [-0.15, -0.1) is 0 Å². The number of methoxy groups -OCH3 is 1. The Morgan fingerprint density at radius 3 is 2.33 bits per heavy atom. The highest BCUT2D eigenvalue weighted by molar-refractivity contribution is 7.89. The SMILES string of the molecule is COc1ccc(N2CCCN(C(=O)[C@H](C)NS(=O)(=O)c3ccc(Cl)cc3)CC2)cc1. The molecule has 1 saturated heterocycles. The third kappa shape index (κ3) is 5.44. The first kappa shape index (κ1) is 22.4. The van der Waals surface area contributed by atoms with Crippen LogP contribution < -0.4 is 14.4 Å². The number of anilines is 1. The second-order valence-corrected chi connectivity index (χ2v) is 9.31. The van der Waals surface area contributed by atoms with Crippen molar-refractivity contribution in [2.75, 3.05) is 38.2 Å². The molecular weight excluding hydrogens is 426 g/mol. The van der Waals surface area contributed by atoms with Gasteiger partial charge in [-0.2, -0.15) is 4.72 Å². The number of halogens is 1. The summed E-state index contributed by atoms with van der Waals surface area (Å²) in [6.45, 7) is 4.17. The van der Waals surface area contributed by atoms with E-state index in [1.54, 1.807) is 18.9 Å². The van der Waals surface area contributed by atoms with Gasteiger partial charge in [0.1, 0.15) is 5.75 Å². The van der Waals surface area contributed by atoms with E-state index in [9.17, 15) is 13.2 Å². The molecule has 7 nitrogen and oxygen atoms in total. The van der Waals surface area contributed by atoms with Gasteiger partial charge in [0.2, 0.25) is 15.9 Å². The van der Waals surface area contributed by atoms with E-state index in [2.05, 4.69) is 9.62 Å². The van der Waals surface area contributed by atoms with Gasteiger partial charge in [-0.3, -0.25) is 4.79 Å². The van der Waals surface area contributed by atoms with Crippen LogP contribution >= 0.6 is 11.6 Å². The fourth-order valence-corrected chi connectivity index (χ4v) is 4.75. The number of nitrogens with zero attached hydrogens (tertiary/aromatic N) is 2. The maximum absolute atomic E-state index is 12.9. The second kappa shape index (κ2) is 9.68. The van der Waals surface area contributed by atoms with Gasteiger partial charge in [0.05, 0.1) is 18.0 Å². The van der Waals surface area contributed by atoms with Gasteiger partial charge in [-0.1, -0.05) is 11.6 Å². The first-order chi connectivity index (χ1) is 14.3. The van der Waals surface area contributed by atoms with Gasteiger partial charge in [0.25, 0.3) is 0 Å². The second-order valence-electron chi connectivity index (χ2n) is 7.16. The number of hydrogen-bond acceptors (Lipinski definition) is 5. The number of carbonyl (C=O) groups is 1. The first-order valence-corrected chi connectivity index (χ1v) is 11.6. The topological polar surface area (TPSA) is 79.0 Å². The van der Waals surface area contributed by atoms with Crippen LogP contribution in [0, 0.1) is 0 Å². The van der Waals surface area contributed by atoms with Crippen LogP contribution in [-0.4, -0.2) is 58.6 Å². The average Bonchev–Trinajstić information content (AvgIpc) is 2.99. The van der Waals surface area contributed by atoms with E-state index in [0.717, 1.165) is 24.4 Å². The van der Waals surface area contributed by atoms with Crippen molar-refractivity contribution in [3.63, 3.8) is 0 Å². The van der Waals surface area contributed by atoms with Crippen LogP contribution in [0.4, 0.5) is 5.69 Å². The number of carbonyl (C=O) groups excluding carboxylic acids is 1. The molecule has 0 aliphatic carbocycles. The summed E-state index contributed by atoms with van der Waals surface area (Å²) < 4.78 is 32.8. The van der Waals surface area contributed by atoms with Gasteiger partial charge >= 0.3 is 0 Å². The van der Waals surface area contributed by atoms with Crippen LogP contribution in [0.1, 0.15) is 13.3 Å². The molecule has 30 heavy (non-hydrogen) atoms. The van der Waals surface area contributed by atoms with Crippen molar-refractivity contribution in [3.05, 3.63) is 53.6 Å². The van der Waals surface area contributed by atoms with Crippen LogP contribution in [0.25, 0.3) is 0 Å². The number of ether oxygens (including phenoxy) is 1. The Morgan fingerprint density at radius 1 is 1.03 bits per heavy atom. The molecule has 2 aromatic rings. The van der Waals surface area contributed by atoms with Crippen LogP contribution in [0.15, 0.2) is 53.4 Å². The molecule has 3 rings (SSSR count). The van der Waals surface area contributed by atoms with Crippen molar-refractivity contribution in [3.8, 4) is 5.75 Å². The number of benzene rings is 2. The Bertz CT molecular complexity index is 965. The number of nitrogens with one attached hydrogen (secondary N) is 1. The summed E-state index contributed by atoms with van der Waals surface area (Å²) >= 11 is 5.82. The lowest BCUT2D eigenvalue weighted by Crippen LogP contribution is -2.47. The Morgan fingerprint density at radius 2 is 1.70 bits per heavy atom. The van der Waals surface area contributed by atoms with E-state index in [0.29, 0.717) is 24.7 Å². The van der Waals surface area contributed by atoms with Crippen molar-refractivity contribution in [2.45, 2.75) is 24.3 Å². The summed E-state index contributed by atoms with van der Waals surface area (Å²) in [7, 11) is -2.18. The molecular formula is C21H26ClN3O4S. The quantitative estimate of drug-likeness (QED) is 0.730. The third-order valence-electron chi connectivity index (χ3n) is 5.07. The van der Waals surface area contributed by atoms with E-state index >= 15 is 0 Å². The van der Waals surface area contributed by atoms with Gasteiger partial charge < -0.3 is 14.5 Å². The van der Waals surface area contributed by atoms with Gasteiger partial charge in [0.15, 0.2) is 0 Å². The van der Waals surface area contributed by atoms with Crippen LogP contribution in [0.2, 0.25) is 5.02 Å². The molecule has 0 radical (unpaired) electrons. The minimum absolute atomic E-state index is 0.0769. The molecule has 1 aliphatic heterocycles. The van der Waals surface area contributed by atoms with Crippen molar-refractivity contribution < 1.29 is 17.9 Å². The van der Waals surface area contributed by atoms with Crippen LogP contribution in [-0.2, 0) is 14.8 Å². The predicted molar refractivity (Wildman–Crippen MR) is 118 cm³/mol. The number of rotatable bonds is 6. The summed E-state index contributed by atoms with van der Waals surface area (Å²) in [4.78, 5) is 16.9. The number of sulfonamides is 1. The summed E-state index contributed by atoms with van der Waals surface area (Å²) in [5.74, 6) is 0.566. The smallest absolute Gasteiger partial charge is 0.241 e. The standard InChI is InChI=1S/C21H26ClN3O4S/c1-16(23-30(27,28)20-10-4-17(22)5-11-20)21(26)25-13-3-12-24(14-15-25)18-6-8-19(29-2)9-7-18/h4-11,16,23H,3,12-15H2,1-2H3/t16-/m0/s1. The van der Waals surface area contributed by atoms with Gasteiger partial charge in [0, 0.05) is 36.9 Å². The molecule has 0 saturated carbocycles. The maximum Gasteiger partial charge on any atom is 0.241 e. The third-order valence-corrected chi connectivity index (χ3v) is 6.88. The zero-order valence-electron chi connectivity index (χ0n) is 17.0. The summed E-state index contributed by atoms with van der Waals surface area (Å²) in [5.41, 5.74) is 1.07. The fraction of sp³-hybridized carbons (Fsp3) is 0.381. The van der Waals surface area contributed by atoms with E-state index in [4.69, 9.17) is 16.3 Å². The molecule has 0 unspecified atom stereocenters. The summed E-state index contributed by atoms with van der Waals surface area (Å²) in [6.07, 6.45) is 0.800. The van der Waals surface area contributed by atoms with Crippen molar-refractivity contribution in [2.24, 2.45) is 0 Å². The lowest BCUT2D eigenvalue weighted by Gasteiger charge is -2.26. The highest BCUT2D eigenvalue weighted by Gasteiger charge is 2.27. The highest BCUT2D eigenvalue weighted by Crippen LogP contribution is 2.21. The lowest BCUT2D eigenvalue weighted by atomic mass is 10.2. The molecule has 1 atom stereocenters. The van der Waals surface area contributed by atoms with Crippen molar-refractivity contribution in [1.29, 1.82) is 0 Å². The molecule has 0 spiro atoms. The molecule has 0 aromatic heterocycles. The molecule has 0 bridgehead atoms. The van der Waals surface area contributed by atoms with Crippen molar-refractivity contribution >= 4 is 33.2 Å². The molecule has 1 fully saturated rings. The van der Waals surface area contributed by atoms with Gasteiger partial charge in [-0.25, -0.2) is 8.42 Å². The predicted octanol–water partition coefficient (Wildman–Crippen LogP) is 2.75. The molecule has 1 N–H and O–H groups in total. The number of hydrogen-bond donors (Lipinski definition) is 1. The molecule has 2 aromatic carbocycles. The minimum atomic E-state index is -3.81. The van der Waals surface area contributed by atoms with Gasteiger partial charge in [-0.05, 0) is 61.9 Å². The van der Waals surface area contributed by atoms with Crippen LogP contribution in [0.5, 0.6) is 5.75 Å². The zero-order chi connectivity index (χ0) is 21.7. The largest absolute Gasteiger partial charge is 0.497 e. The lowest BCUT2D eigenvalue weighted by molar-refractivity contribution is -0.132. The highest BCUT2D eigenvalue weighted by atomic mass is 35.5. The van der Waals surface area contributed by atoms with Crippen LogP contribution in [0.3, 0.4) is 0 Å². The Hall–Kier alpha value is -2.29.